The van der Waals surface area contributed by atoms with Crippen LogP contribution in [0.5, 0.6) is 5.75 Å². The van der Waals surface area contributed by atoms with Gasteiger partial charge in [0, 0.05) is 24.0 Å². The topological polar surface area (TPSA) is 165 Å². The highest BCUT2D eigenvalue weighted by Crippen LogP contribution is 2.38. The third kappa shape index (κ3) is 5.83. The number of rotatable bonds is 10. The molecule has 0 radical (unpaired) electrons. The van der Waals surface area contributed by atoms with Crippen molar-refractivity contribution in [3.63, 3.8) is 0 Å². The Morgan fingerprint density at radius 3 is 2.50 bits per heavy atom. The maximum atomic E-state index is 13.4. The van der Waals surface area contributed by atoms with Crippen molar-refractivity contribution in [1.82, 2.24) is 20.2 Å². The molecule has 2 heterocycles. The summed E-state index contributed by atoms with van der Waals surface area (Å²) >= 11 is 0. The van der Waals surface area contributed by atoms with E-state index in [-0.39, 0.29) is 39.9 Å². The van der Waals surface area contributed by atoms with Gasteiger partial charge in [-0.2, -0.15) is 13.9 Å². The van der Waals surface area contributed by atoms with E-state index in [1.807, 2.05) is 0 Å². The number of ether oxygens (including phenoxy) is 1. The molecule has 15 heteroatoms. The second-order valence-corrected chi connectivity index (χ2v) is 9.48. The number of benzene rings is 2. The zero-order valence-corrected chi connectivity index (χ0v) is 20.3. The number of nitrogens with two attached hydrogens (primary N) is 1. The quantitative estimate of drug-likeness (QED) is 0.232. The van der Waals surface area contributed by atoms with Gasteiger partial charge in [0.15, 0.2) is 0 Å². The fraction of sp³-hybridized carbons (Fsp3) is 0.130. The van der Waals surface area contributed by atoms with E-state index in [0.29, 0.717) is 5.56 Å². The van der Waals surface area contributed by atoms with E-state index in [9.17, 15) is 26.4 Å². The molecule has 2 aromatic carbocycles. The van der Waals surface area contributed by atoms with Crippen molar-refractivity contribution in [2.45, 2.75) is 18.8 Å². The second-order valence-electron chi connectivity index (χ2n) is 7.83. The molecule has 0 aliphatic rings. The highest BCUT2D eigenvalue weighted by molar-refractivity contribution is 7.93. The predicted octanol–water partition coefficient (Wildman–Crippen LogP) is 3.95. The number of hydrogen-bond donors (Lipinski definition) is 4. The Bertz CT molecular complexity index is 1550. The number of halogens is 3. The van der Waals surface area contributed by atoms with Crippen LogP contribution in [0.1, 0.15) is 28.9 Å². The molecular weight excluding hydrogens is 527 g/mol. The van der Waals surface area contributed by atoms with Gasteiger partial charge in [-0.1, -0.05) is 12.1 Å². The standard InChI is InChI=1S/C23H20F3N7O4S/c1-12(13-2-4-14(24)5-3-13)37-17-10-15(33-38(35,36)23(25)26)6-7-16(17)20-19(21(27)34)22(32-31-20)30-18-11-28-8-9-29-18/h2-12,23,33H,1H3,(H2,27,34)(H2,29,30,31,32). The molecule has 0 aliphatic heterocycles. The van der Waals surface area contributed by atoms with Gasteiger partial charge in [-0.15, -0.1) is 0 Å². The van der Waals surface area contributed by atoms with E-state index in [4.69, 9.17) is 10.5 Å². The Morgan fingerprint density at radius 1 is 1.13 bits per heavy atom. The average molecular weight is 548 g/mol. The molecular formula is C23H20F3N7O4S. The van der Waals surface area contributed by atoms with Crippen molar-refractivity contribution in [3.05, 3.63) is 78.0 Å². The van der Waals surface area contributed by atoms with Crippen molar-refractivity contribution in [1.29, 1.82) is 0 Å². The lowest BCUT2D eigenvalue weighted by Gasteiger charge is -2.19. The van der Waals surface area contributed by atoms with Crippen LogP contribution in [0.4, 0.5) is 30.5 Å². The number of primary amides is 1. The summed E-state index contributed by atoms with van der Waals surface area (Å²) in [6.45, 7) is 1.63. The summed E-state index contributed by atoms with van der Waals surface area (Å²) in [5, 5.41) is 9.66. The summed E-state index contributed by atoms with van der Waals surface area (Å²) in [6, 6.07) is 9.10. The molecule has 5 N–H and O–H groups in total. The van der Waals surface area contributed by atoms with Crippen molar-refractivity contribution >= 4 is 33.3 Å². The first-order valence-corrected chi connectivity index (χ1v) is 12.4. The van der Waals surface area contributed by atoms with E-state index >= 15 is 0 Å². The summed E-state index contributed by atoms with van der Waals surface area (Å²) in [4.78, 5) is 20.4. The SMILES string of the molecule is CC(Oc1cc(NS(=O)(=O)C(F)F)ccc1-c1n[nH]c(Nc2cnccn2)c1C(N)=O)c1ccc(F)cc1. The average Bonchev–Trinajstić information content (AvgIpc) is 3.28. The molecule has 11 nitrogen and oxygen atoms in total. The Kier molecular flexibility index (Phi) is 7.47. The number of carbonyl (C=O) groups excluding carboxylic acids is 1. The minimum atomic E-state index is -4.98. The first-order valence-electron chi connectivity index (χ1n) is 10.8. The Morgan fingerprint density at radius 2 is 1.87 bits per heavy atom. The fourth-order valence-corrected chi connectivity index (χ4v) is 3.98. The molecule has 1 amide bonds. The number of H-pyrrole nitrogens is 1. The van der Waals surface area contributed by atoms with Crippen LogP contribution >= 0.6 is 0 Å². The molecule has 38 heavy (non-hydrogen) atoms. The lowest BCUT2D eigenvalue weighted by Crippen LogP contribution is -2.20. The largest absolute Gasteiger partial charge is 0.485 e. The molecule has 0 spiro atoms. The van der Waals surface area contributed by atoms with Gasteiger partial charge in [0.25, 0.3) is 15.9 Å². The highest BCUT2D eigenvalue weighted by Gasteiger charge is 2.27. The van der Waals surface area contributed by atoms with E-state index in [1.165, 1.54) is 55.0 Å². The number of hydrogen-bond acceptors (Lipinski definition) is 8. The Hall–Kier alpha value is -4.66. The number of aromatic nitrogens is 4. The van der Waals surface area contributed by atoms with Crippen LogP contribution in [0.2, 0.25) is 0 Å². The third-order valence-electron chi connectivity index (χ3n) is 5.20. The number of amides is 1. The summed E-state index contributed by atoms with van der Waals surface area (Å²) in [5.74, 6) is -4.67. The maximum Gasteiger partial charge on any atom is 0.355 e. The number of nitrogens with zero attached hydrogens (tertiary/aromatic N) is 3. The first-order chi connectivity index (χ1) is 18.0. The van der Waals surface area contributed by atoms with Crippen LogP contribution < -0.4 is 20.5 Å². The summed E-state index contributed by atoms with van der Waals surface area (Å²) in [7, 11) is -4.98. The lowest BCUT2D eigenvalue weighted by molar-refractivity contribution is 0.100. The van der Waals surface area contributed by atoms with Crippen LogP contribution in [0.15, 0.2) is 61.1 Å². The van der Waals surface area contributed by atoms with Crippen molar-refractivity contribution < 1.29 is 31.1 Å². The van der Waals surface area contributed by atoms with E-state index in [0.717, 1.165) is 6.07 Å². The number of aromatic amines is 1. The van der Waals surface area contributed by atoms with Crippen LogP contribution in [0.3, 0.4) is 0 Å². The number of anilines is 3. The second kappa shape index (κ2) is 10.8. The zero-order chi connectivity index (χ0) is 27.4. The van der Waals surface area contributed by atoms with Crippen LogP contribution in [0.25, 0.3) is 11.3 Å². The van der Waals surface area contributed by atoms with E-state index < -0.39 is 33.6 Å². The molecule has 0 fully saturated rings. The van der Waals surface area contributed by atoms with Gasteiger partial charge in [-0.05, 0) is 36.8 Å². The summed E-state index contributed by atoms with van der Waals surface area (Å²) in [6.07, 6.45) is 3.55. The van der Waals surface area contributed by atoms with Crippen molar-refractivity contribution in [3.8, 4) is 17.0 Å². The lowest BCUT2D eigenvalue weighted by atomic mass is 10.0. The number of nitrogens with one attached hydrogen (secondary N) is 3. The van der Waals surface area contributed by atoms with Crippen LogP contribution in [-0.2, 0) is 10.0 Å². The Balaban J connectivity index is 1.79. The number of sulfonamides is 1. The summed E-state index contributed by atoms with van der Waals surface area (Å²) in [5.41, 5.74) is 6.06. The molecule has 2 aromatic heterocycles. The maximum absolute atomic E-state index is 13.4. The number of carbonyl (C=O) groups is 1. The molecule has 198 valence electrons. The molecule has 0 aliphatic carbocycles. The smallest absolute Gasteiger partial charge is 0.355 e. The predicted molar refractivity (Wildman–Crippen MR) is 132 cm³/mol. The number of alkyl halides is 2. The van der Waals surface area contributed by atoms with Gasteiger partial charge in [0.1, 0.15) is 40.6 Å². The van der Waals surface area contributed by atoms with E-state index in [1.54, 1.807) is 11.6 Å². The first kappa shape index (κ1) is 26.4. The molecule has 4 rings (SSSR count). The zero-order valence-electron chi connectivity index (χ0n) is 19.5. The summed E-state index contributed by atoms with van der Waals surface area (Å²) < 4.78 is 70.5. The minimum Gasteiger partial charge on any atom is -0.485 e. The van der Waals surface area contributed by atoms with Crippen molar-refractivity contribution in [2.75, 3.05) is 10.0 Å². The van der Waals surface area contributed by atoms with Gasteiger partial charge >= 0.3 is 5.76 Å². The molecule has 0 saturated carbocycles. The van der Waals surface area contributed by atoms with Gasteiger partial charge < -0.3 is 15.8 Å². The molecule has 4 aromatic rings. The van der Waals surface area contributed by atoms with Gasteiger partial charge in [-0.25, -0.2) is 17.8 Å². The van der Waals surface area contributed by atoms with Crippen molar-refractivity contribution in [2.24, 2.45) is 5.73 Å². The normalized spacial score (nSPS) is 12.2. The molecule has 1 atom stereocenters. The van der Waals surface area contributed by atoms with Gasteiger partial charge in [0.05, 0.1) is 11.9 Å². The third-order valence-corrected chi connectivity index (χ3v) is 6.19. The monoisotopic (exact) mass is 547 g/mol. The fourth-order valence-electron chi connectivity index (χ4n) is 3.44. The van der Waals surface area contributed by atoms with Crippen LogP contribution in [-0.4, -0.2) is 40.2 Å². The molecule has 1 unspecified atom stereocenters. The van der Waals surface area contributed by atoms with Gasteiger partial charge in [0.2, 0.25) is 0 Å². The highest BCUT2D eigenvalue weighted by atomic mass is 32.2. The Labute approximate surface area is 214 Å². The van der Waals surface area contributed by atoms with Crippen LogP contribution in [0, 0.1) is 5.82 Å². The van der Waals surface area contributed by atoms with E-state index in [2.05, 4.69) is 25.5 Å². The molecule has 0 saturated heterocycles. The van der Waals surface area contributed by atoms with Gasteiger partial charge in [-0.3, -0.25) is 19.6 Å². The molecule has 0 bridgehead atoms. The minimum absolute atomic E-state index is 0.0217.